The minimum absolute atomic E-state index is 0.517. The van der Waals surface area contributed by atoms with E-state index in [9.17, 15) is 5.26 Å². The molecule has 0 N–H and O–H groups in total. The lowest BCUT2D eigenvalue weighted by Gasteiger charge is -2.36. The first kappa shape index (κ1) is 17.4. The molecule has 0 amide bonds. The van der Waals surface area contributed by atoms with Crippen LogP contribution >= 0.6 is 11.8 Å². The van der Waals surface area contributed by atoms with E-state index < -0.39 is 0 Å². The standard InChI is InChI=1S/C21H23N3OS/c1-16(14-23-8-10-25-11-9-23)15-24-18-4-2-3-5-20(18)26-21-7-6-17(13-22)12-19(21)24/h2-7,12,16H,8-11,14-15H2,1H3. The average Bonchev–Trinajstić information content (AvgIpc) is 2.68. The Kier molecular flexibility index (Phi) is 5.16. The monoisotopic (exact) mass is 365 g/mol. The van der Waals surface area contributed by atoms with Gasteiger partial charge in [0.05, 0.1) is 36.2 Å². The summed E-state index contributed by atoms with van der Waals surface area (Å²) in [5.74, 6) is 0.517. The zero-order chi connectivity index (χ0) is 17.9. The SMILES string of the molecule is CC(CN1CCOCC1)CN1c2ccccc2Sc2ccc(C#N)cc21. The Hall–Kier alpha value is -2.00. The minimum atomic E-state index is 0.517. The number of benzene rings is 2. The van der Waals surface area contributed by atoms with Crippen molar-refractivity contribution in [2.75, 3.05) is 44.3 Å². The predicted molar refractivity (Wildman–Crippen MR) is 105 cm³/mol. The van der Waals surface area contributed by atoms with Crippen LogP contribution in [-0.2, 0) is 4.74 Å². The summed E-state index contributed by atoms with van der Waals surface area (Å²) in [5, 5.41) is 9.33. The van der Waals surface area contributed by atoms with Gasteiger partial charge in [-0.15, -0.1) is 0 Å². The van der Waals surface area contributed by atoms with Crippen LogP contribution in [0, 0.1) is 17.2 Å². The second-order valence-electron chi connectivity index (χ2n) is 6.99. The summed E-state index contributed by atoms with van der Waals surface area (Å²) in [7, 11) is 0. The number of ether oxygens (including phenoxy) is 1. The van der Waals surface area contributed by atoms with Crippen molar-refractivity contribution in [3.8, 4) is 6.07 Å². The van der Waals surface area contributed by atoms with Gasteiger partial charge in [0.2, 0.25) is 0 Å². The Labute approximate surface area is 159 Å². The van der Waals surface area contributed by atoms with E-state index in [1.165, 1.54) is 15.5 Å². The molecule has 0 spiro atoms. The van der Waals surface area contributed by atoms with Crippen molar-refractivity contribution >= 4 is 23.1 Å². The number of nitriles is 1. The van der Waals surface area contributed by atoms with E-state index in [1.54, 1.807) is 11.8 Å². The summed E-state index contributed by atoms with van der Waals surface area (Å²) in [6.45, 7) is 8.04. The maximum absolute atomic E-state index is 9.33. The van der Waals surface area contributed by atoms with Crippen LogP contribution in [0.1, 0.15) is 12.5 Å². The Morgan fingerprint density at radius 1 is 1.08 bits per heavy atom. The van der Waals surface area contributed by atoms with Gasteiger partial charge in [0.25, 0.3) is 0 Å². The lowest BCUT2D eigenvalue weighted by Crippen LogP contribution is -2.41. The minimum Gasteiger partial charge on any atom is -0.379 e. The van der Waals surface area contributed by atoms with E-state index in [0.717, 1.165) is 50.6 Å². The van der Waals surface area contributed by atoms with Crippen molar-refractivity contribution in [3.05, 3.63) is 48.0 Å². The quantitative estimate of drug-likeness (QED) is 0.815. The molecule has 1 unspecified atom stereocenters. The third-order valence-electron chi connectivity index (χ3n) is 4.92. The summed E-state index contributed by atoms with van der Waals surface area (Å²) in [4.78, 5) is 7.39. The molecule has 2 heterocycles. The zero-order valence-corrected chi connectivity index (χ0v) is 15.8. The Morgan fingerprint density at radius 3 is 2.65 bits per heavy atom. The second kappa shape index (κ2) is 7.71. The molecular weight excluding hydrogens is 342 g/mol. The molecule has 2 aromatic rings. The molecule has 1 saturated heterocycles. The molecule has 134 valence electrons. The topological polar surface area (TPSA) is 39.5 Å². The fraction of sp³-hybridized carbons (Fsp3) is 0.381. The lowest BCUT2D eigenvalue weighted by molar-refractivity contribution is 0.0323. The maximum Gasteiger partial charge on any atom is 0.0992 e. The van der Waals surface area contributed by atoms with Crippen LogP contribution in [0.3, 0.4) is 0 Å². The van der Waals surface area contributed by atoms with Crippen molar-refractivity contribution in [2.45, 2.75) is 16.7 Å². The van der Waals surface area contributed by atoms with Crippen molar-refractivity contribution in [3.63, 3.8) is 0 Å². The van der Waals surface area contributed by atoms with Gasteiger partial charge in [0.1, 0.15) is 0 Å². The van der Waals surface area contributed by atoms with Gasteiger partial charge in [-0.25, -0.2) is 0 Å². The summed E-state index contributed by atoms with van der Waals surface area (Å²) < 4.78 is 5.46. The molecule has 0 aromatic heterocycles. The highest BCUT2D eigenvalue weighted by molar-refractivity contribution is 7.99. The molecule has 0 aliphatic carbocycles. The average molecular weight is 366 g/mol. The molecule has 1 atom stereocenters. The number of hydrogen-bond acceptors (Lipinski definition) is 5. The van der Waals surface area contributed by atoms with Gasteiger partial charge in [-0.2, -0.15) is 5.26 Å². The van der Waals surface area contributed by atoms with Crippen LogP contribution in [0.25, 0.3) is 0 Å². The molecule has 4 nitrogen and oxygen atoms in total. The summed E-state index contributed by atoms with van der Waals surface area (Å²) in [5.41, 5.74) is 3.12. The van der Waals surface area contributed by atoms with E-state index in [1.807, 2.05) is 12.1 Å². The molecule has 2 aliphatic heterocycles. The first-order valence-corrected chi connectivity index (χ1v) is 9.95. The van der Waals surface area contributed by atoms with Gasteiger partial charge in [-0.3, -0.25) is 4.90 Å². The van der Waals surface area contributed by atoms with Crippen LogP contribution in [0.2, 0.25) is 0 Å². The van der Waals surface area contributed by atoms with Gasteiger partial charge in [0.15, 0.2) is 0 Å². The molecule has 0 bridgehead atoms. The van der Waals surface area contributed by atoms with Crippen molar-refractivity contribution in [1.29, 1.82) is 5.26 Å². The number of para-hydroxylation sites is 1. The first-order valence-electron chi connectivity index (χ1n) is 9.13. The van der Waals surface area contributed by atoms with E-state index in [-0.39, 0.29) is 0 Å². The summed E-state index contributed by atoms with van der Waals surface area (Å²) >= 11 is 1.79. The molecule has 0 radical (unpaired) electrons. The number of fused-ring (bicyclic) bond motifs is 2. The van der Waals surface area contributed by atoms with E-state index in [2.05, 4.69) is 53.1 Å². The number of hydrogen-bond donors (Lipinski definition) is 0. The highest BCUT2D eigenvalue weighted by Gasteiger charge is 2.25. The molecule has 5 heteroatoms. The fourth-order valence-electron chi connectivity index (χ4n) is 3.69. The lowest BCUT2D eigenvalue weighted by atomic mass is 10.1. The fourth-order valence-corrected chi connectivity index (χ4v) is 4.77. The normalized spacial score (nSPS) is 17.9. The third-order valence-corrected chi connectivity index (χ3v) is 6.05. The molecule has 2 aromatic carbocycles. The van der Waals surface area contributed by atoms with Crippen LogP contribution in [0.15, 0.2) is 52.3 Å². The number of nitrogens with zero attached hydrogens (tertiary/aromatic N) is 3. The van der Waals surface area contributed by atoms with Gasteiger partial charge < -0.3 is 9.64 Å². The van der Waals surface area contributed by atoms with Crippen molar-refractivity contribution in [1.82, 2.24) is 4.90 Å². The number of anilines is 2. The summed E-state index contributed by atoms with van der Waals surface area (Å²) in [6.07, 6.45) is 0. The van der Waals surface area contributed by atoms with Crippen LogP contribution in [0.4, 0.5) is 11.4 Å². The maximum atomic E-state index is 9.33. The number of rotatable bonds is 4. The van der Waals surface area contributed by atoms with Crippen LogP contribution in [0.5, 0.6) is 0 Å². The second-order valence-corrected chi connectivity index (χ2v) is 8.08. The van der Waals surface area contributed by atoms with E-state index >= 15 is 0 Å². The highest BCUT2D eigenvalue weighted by atomic mass is 32.2. The van der Waals surface area contributed by atoms with Gasteiger partial charge in [-0.05, 0) is 36.2 Å². The molecule has 26 heavy (non-hydrogen) atoms. The van der Waals surface area contributed by atoms with Gasteiger partial charge in [0, 0.05) is 36.0 Å². The largest absolute Gasteiger partial charge is 0.379 e. The molecule has 0 saturated carbocycles. The highest BCUT2D eigenvalue weighted by Crippen LogP contribution is 2.48. The van der Waals surface area contributed by atoms with Crippen molar-refractivity contribution in [2.24, 2.45) is 5.92 Å². The van der Waals surface area contributed by atoms with Gasteiger partial charge in [-0.1, -0.05) is 30.8 Å². The third kappa shape index (κ3) is 3.59. The van der Waals surface area contributed by atoms with Crippen molar-refractivity contribution < 1.29 is 4.74 Å². The molecular formula is C21H23N3OS. The smallest absolute Gasteiger partial charge is 0.0992 e. The van der Waals surface area contributed by atoms with Crippen LogP contribution < -0.4 is 4.90 Å². The zero-order valence-electron chi connectivity index (χ0n) is 15.0. The Balaban J connectivity index is 1.60. The molecule has 2 aliphatic rings. The van der Waals surface area contributed by atoms with Crippen LogP contribution in [-0.4, -0.2) is 44.3 Å². The summed E-state index contributed by atoms with van der Waals surface area (Å²) in [6, 6.07) is 16.9. The number of morpholine rings is 1. The van der Waals surface area contributed by atoms with Gasteiger partial charge >= 0.3 is 0 Å². The Bertz CT molecular complexity index is 826. The molecule has 1 fully saturated rings. The van der Waals surface area contributed by atoms with E-state index in [0.29, 0.717) is 5.92 Å². The Morgan fingerprint density at radius 2 is 1.85 bits per heavy atom. The first-order chi connectivity index (χ1) is 12.7. The van der Waals surface area contributed by atoms with E-state index in [4.69, 9.17) is 4.74 Å². The predicted octanol–water partition coefficient (Wildman–Crippen LogP) is 4.13. The molecule has 4 rings (SSSR count).